The lowest BCUT2D eigenvalue weighted by atomic mass is 10.2. The first-order valence-corrected chi connectivity index (χ1v) is 6.12. The van der Waals surface area contributed by atoms with Gasteiger partial charge in [-0.2, -0.15) is 4.80 Å². The average Bonchev–Trinajstić information content (AvgIpc) is 2.78. The quantitative estimate of drug-likeness (QED) is 0.859. The van der Waals surface area contributed by atoms with Crippen LogP contribution in [0.4, 0.5) is 0 Å². The highest BCUT2D eigenvalue weighted by atomic mass is 79.9. The molecule has 2 aromatic rings. The van der Waals surface area contributed by atoms with Crippen LogP contribution in [0.5, 0.6) is 0 Å². The van der Waals surface area contributed by atoms with Crippen molar-refractivity contribution in [3.05, 3.63) is 40.1 Å². The van der Waals surface area contributed by atoms with Gasteiger partial charge in [0.25, 0.3) is 0 Å². The van der Waals surface area contributed by atoms with Crippen molar-refractivity contribution in [1.82, 2.24) is 20.2 Å². The topological polar surface area (TPSA) is 76.2 Å². The van der Waals surface area contributed by atoms with E-state index < -0.39 is 6.10 Å². The van der Waals surface area contributed by atoms with Gasteiger partial charge in [0, 0.05) is 10.7 Å². The third-order valence-corrected chi connectivity index (χ3v) is 2.74. The molecule has 0 fully saturated rings. The van der Waals surface area contributed by atoms with Crippen LogP contribution in [-0.2, 0) is 7.05 Å². The van der Waals surface area contributed by atoms with E-state index in [9.17, 15) is 5.11 Å². The Balaban J connectivity index is 1.93. The van der Waals surface area contributed by atoms with Crippen molar-refractivity contribution in [3.8, 4) is 0 Å². The largest absolute Gasteiger partial charge is 0.383 e. The van der Waals surface area contributed by atoms with Crippen LogP contribution in [-0.4, -0.2) is 38.1 Å². The molecule has 0 spiro atoms. The van der Waals surface area contributed by atoms with E-state index in [-0.39, 0.29) is 12.4 Å². The van der Waals surface area contributed by atoms with Crippen molar-refractivity contribution in [1.29, 1.82) is 0 Å². The first kappa shape index (κ1) is 12.8. The third-order valence-electron chi connectivity index (χ3n) is 2.21. The molecule has 0 bridgehead atoms. The molecule has 0 aliphatic rings. The Morgan fingerprint density at radius 2 is 2.17 bits per heavy atom. The van der Waals surface area contributed by atoms with Crippen LogP contribution in [0.2, 0.25) is 0 Å². The molecule has 1 aromatic carbocycles. The standard InChI is InChI=1S/C11H12BrN5O/c1-17-15-11(14-16-17)10(18)7-13-6-8-2-4-9(12)5-3-8/h2-6,10,18H,7H2,1H3/t10-/m0/s1. The fraction of sp³-hybridized carbons (Fsp3) is 0.273. The second-order valence-electron chi connectivity index (χ2n) is 3.70. The highest BCUT2D eigenvalue weighted by Gasteiger charge is 2.11. The summed E-state index contributed by atoms with van der Waals surface area (Å²) in [7, 11) is 1.65. The number of tetrazole rings is 1. The maximum absolute atomic E-state index is 9.76. The number of hydrogen-bond donors (Lipinski definition) is 1. The maximum atomic E-state index is 9.76. The first-order chi connectivity index (χ1) is 8.65. The van der Waals surface area contributed by atoms with Gasteiger partial charge in [0.15, 0.2) is 0 Å². The van der Waals surface area contributed by atoms with Gasteiger partial charge >= 0.3 is 0 Å². The fourth-order valence-corrected chi connectivity index (χ4v) is 1.58. The van der Waals surface area contributed by atoms with Crippen LogP contribution in [0.3, 0.4) is 0 Å². The van der Waals surface area contributed by atoms with Gasteiger partial charge in [0.05, 0.1) is 13.6 Å². The van der Waals surface area contributed by atoms with Crippen molar-refractivity contribution in [2.24, 2.45) is 12.0 Å². The molecule has 18 heavy (non-hydrogen) atoms. The summed E-state index contributed by atoms with van der Waals surface area (Å²) < 4.78 is 1.02. The van der Waals surface area contributed by atoms with E-state index >= 15 is 0 Å². The number of hydrogen-bond acceptors (Lipinski definition) is 5. The van der Waals surface area contributed by atoms with E-state index in [0.717, 1.165) is 10.0 Å². The summed E-state index contributed by atoms with van der Waals surface area (Å²) in [5.74, 6) is 0.283. The summed E-state index contributed by atoms with van der Waals surface area (Å²) in [6, 6.07) is 7.73. The third kappa shape index (κ3) is 3.44. The van der Waals surface area contributed by atoms with Crippen molar-refractivity contribution in [2.45, 2.75) is 6.10 Å². The molecule has 0 saturated carbocycles. The number of aliphatic hydroxyl groups is 1. The Hall–Kier alpha value is -1.60. The van der Waals surface area contributed by atoms with Gasteiger partial charge in [-0.15, -0.1) is 10.2 Å². The Morgan fingerprint density at radius 1 is 1.44 bits per heavy atom. The zero-order valence-corrected chi connectivity index (χ0v) is 11.3. The van der Waals surface area contributed by atoms with Crippen LogP contribution >= 0.6 is 15.9 Å². The van der Waals surface area contributed by atoms with Crippen molar-refractivity contribution >= 4 is 22.1 Å². The number of aliphatic imine (C=N–C) groups is 1. The summed E-state index contributed by atoms with van der Waals surface area (Å²) in [5.41, 5.74) is 0.970. The zero-order valence-electron chi connectivity index (χ0n) is 9.73. The van der Waals surface area contributed by atoms with Gasteiger partial charge in [-0.05, 0) is 22.9 Å². The van der Waals surface area contributed by atoms with Crippen LogP contribution in [0.15, 0.2) is 33.7 Å². The van der Waals surface area contributed by atoms with Gasteiger partial charge < -0.3 is 5.11 Å². The normalized spacial score (nSPS) is 13.1. The Labute approximate surface area is 112 Å². The van der Waals surface area contributed by atoms with Gasteiger partial charge in [0.1, 0.15) is 6.10 Å². The Bertz CT molecular complexity index is 537. The molecule has 0 aliphatic carbocycles. The van der Waals surface area contributed by atoms with Crippen molar-refractivity contribution in [3.63, 3.8) is 0 Å². The molecule has 1 atom stereocenters. The minimum atomic E-state index is -0.828. The highest BCUT2D eigenvalue weighted by molar-refractivity contribution is 9.10. The summed E-state index contributed by atoms with van der Waals surface area (Å²) in [5, 5.41) is 21.0. The molecule has 94 valence electrons. The maximum Gasteiger partial charge on any atom is 0.205 e. The number of nitrogens with zero attached hydrogens (tertiary/aromatic N) is 5. The number of aliphatic hydroxyl groups excluding tert-OH is 1. The molecule has 1 N–H and O–H groups in total. The van der Waals surface area contributed by atoms with E-state index in [0.29, 0.717) is 0 Å². The van der Waals surface area contributed by atoms with Crippen molar-refractivity contribution < 1.29 is 5.11 Å². The van der Waals surface area contributed by atoms with E-state index in [1.165, 1.54) is 4.80 Å². The number of benzene rings is 1. The summed E-state index contributed by atoms with van der Waals surface area (Å²) in [6.45, 7) is 0.210. The molecular formula is C11H12BrN5O. The van der Waals surface area contributed by atoms with Crippen LogP contribution < -0.4 is 0 Å². The fourth-order valence-electron chi connectivity index (χ4n) is 1.32. The van der Waals surface area contributed by atoms with Gasteiger partial charge in [0.2, 0.25) is 5.82 Å². The summed E-state index contributed by atoms with van der Waals surface area (Å²) >= 11 is 3.36. The van der Waals surface area contributed by atoms with Gasteiger partial charge in [-0.3, -0.25) is 4.99 Å². The highest BCUT2D eigenvalue weighted by Crippen LogP contribution is 2.09. The minimum absolute atomic E-state index is 0.210. The average molecular weight is 310 g/mol. The zero-order chi connectivity index (χ0) is 13.0. The Morgan fingerprint density at radius 3 is 2.78 bits per heavy atom. The van der Waals surface area contributed by atoms with E-state index in [2.05, 4.69) is 36.3 Å². The molecule has 7 heteroatoms. The number of aromatic nitrogens is 4. The monoisotopic (exact) mass is 309 g/mol. The van der Waals surface area contributed by atoms with E-state index in [4.69, 9.17) is 0 Å². The van der Waals surface area contributed by atoms with E-state index in [1.807, 2.05) is 24.3 Å². The predicted octanol–water partition coefficient (Wildman–Crippen LogP) is 1.13. The van der Waals surface area contributed by atoms with E-state index in [1.54, 1.807) is 13.3 Å². The smallest absolute Gasteiger partial charge is 0.205 e. The van der Waals surface area contributed by atoms with Crippen LogP contribution in [0.1, 0.15) is 17.5 Å². The SMILES string of the molecule is Cn1nnc([C@@H](O)CN=Cc2ccc(Br)cc2)n1. The Kier molecular flexibility index (Phi) is 4.16. The van der Waals surface area contributed by atoms with Crippen molar-refractivity contribution in [2.75, 3.05) is 6.54 Å². The molecule has 0 amide bonds. The summed E-state index contributed by atoms with van der Waals surface area (Å²) in [6.07, 6.45) is 0.872. The lowest BCUT2D eigenvalue weighted by Gasteiger charge is -2.00. The molecule has 0 unspecified atom stereocenters. The minimum Gasteiger partial charge on any atom is -0.383 e. The predicted molar refractivity (Wildman–Crippen MR) is 70.4 cm³/mol. The number of halogens is 1. The number of aryl methyl sites for hydroxylation is 1. The molecule has 2 rings (SSSR count). The number of rotatable bonds is 4. The second-order valence-corrected chi connectivity index (χ2v) is 4.61. The molecule has 6 nitrogen and oxygen atoms in total. The molecule has 1 aromatic heterocycles. The van der Waals surface area contributed by atoms with Crippen LogP contribution in [0.25, 0.3) is 0 Å². The molecular weight excluding hydrogens is 298 g/mol. The first-order valence-electron chi connectivity index (χ1n) is 5.32. The second kappa shape index (κ2) is 5.83. The molecule has 0 radical (unpaired) electrons. The lowest BCUT2D eigenvalue weighted by molar-refractivity contribution is 0.177. The van der Waals surface area contributed by atoms with Gasteiger partial charge in [-0.25, -0.2) is 0 Å². The van der Waals surface area contributed by atoms with Crippen LogP contribution in [0, 0.1) is 0 Å². The lowest BCUT2D eigenvalue weighted by Crippen LogP contribution is -2.05. The molecule has 1 heterocycles. The van der Waals surface area contributed by atoms with Gasteiger partial charge in [-0.1, -0.05) is 28.1 Å². The summed E-state index contributed by atoms with van der Waals surface area (Å²) in [4.78, 5) is 5.45. The molecule has 0 saturated heterocycles. The molecule has 0 aliphatic heterocycles.